The highest BCUT2D eigenvalue weighted by Gasteiger charge is 2.01. The molecule has 18 heavy (non-hydrogen) atoms. The van der Waals surface area contributed by atoms with Crippen LogP contribution in [-0.4, -0.2) is 30.7 Å². The first-order chi connectivity index (χ1) is 8.34. The van der Waals surface area contributed by atoms with E-state index in [1.165, 1.54) is 12.0 Å². The van der Waals surface area contributed by atoms with E-state index in [9.17, 15) is 5.11 Å². The zero-order valence-electron chi connectivity index (χ0n) is 10.4. The Balaban J connectivity index is 0.00000162. The fraction of sp³-hybridized carbons (Fsp3) is 0.462. The second kappa shape index (κ2) is 7.97. The Kier molecular flexibility index (Phi) is 6.57. The predicted octanol–water partition coefficient (Wildman–Crippen LogP) is 1.84. The van der Waals surface area contributed by atoms with Gasteiger partial charge < -0.3 is 15.7 Å². The number of phenolic OH excluding ortho intramolecular Hbond substituents is 1. The fourth-order valence-corrected chi connectivity index (χ4v) is 1.80. The molecule has 0 aliphatic carbocycles. The summed E-state index contributed by atoms with van der Waals surface area (Å²) in [5.41, 5.74) is 1.21. The second-order valence-electron chi connectivity index (χ2n) is 4.21. The number of nitrogens with one attached hydrogen (secondary N) is 2. The summed E-state index contributed by atoms with van der Waals surface area (Å²) in [5, 5.41) is 15.7. The van der Waals surface area contributed by atoms with Crippen LogP contribution in [0.5, 0.6) is 5.75 Å². The molecule has 1 aliphatic heterocycles. The number of aliphatic imine (C=N–C) groups is 1. The molecule has 0 unspecified atom stereocenters. The Morgan fingerprint density at radius 2 is 2.00 bits per heavy atom. The summed E-state index contributed by atoms with van der Waals surface area (Å²) in [4.78, 5) is 4.42. The van der Waals surface area contributed by atoms with Crippen LogP contribution in [0.4, 0.5) is 0 Å². The Morgan fingerprint density at radius 1 is 1.22 bits per heavy atom. The Labute approximate surface area is 118 Å². The van der Waals surface area contributed by atoms with Crippen molar-refractivity contribution < 1.29 is 5.11 Å². The number of rotatable bonds is 3. The van der Waals surface area contributed by atoms with E-state index < -0.39 is 0 Å². The van der Waals surface area contributed by atoms with E-state index in [1.54, 1.807) is 12.1 Å². The molecule has 4 nitrogen and oxygen atoms in total. The van der Waals surface area contributed by atoms with E-state index in [2.05, 4.69) is 15.6 Å². The van der Waals surface area contributed by atoms with Crippen molar-refractivity contribution in [1.29, 1.82) is 0 Å². The zero-order chi connectivity index (χ0) is 11.9. The van der Waals surface area contributed by atoms with E-state index in [4.69, 9.17) is 0 Å². The van der Waals surface area contributed by atoms with Gasteiger partial charge in [-0.05, 0) is 37.0 Å². The summed E-state index contributed by atoms with van der Waals surface area (Å²) in [5.74, 6) is 1.23. The van der Waals surface area contributed by atoms with Crippen LogP contribution >= 0.6 is 17.0 Å². The lowest BCUT2D eigenvalue weighted by molar-refractivity contribution is 0.475. The van der Waals surface area contributed by atoms with Crippen molar-refractivity contribution in [3.63, 3.8) is 0 Å². The van der Waals surface area contributed by atoms with E-state index in [-0.39, 0.29) is 17.0 Å². The van der Waals surface area contributed by atoms with Crippen molar-refractivity contribution >= 4 is 22.9 Å². The topological polar surface area (TPSA) is 56.6 Å². The molecule has 1 aromatic carbocycles. The van der Waals surface area contributed by atoms with Gasteiger partial charge in [0.15, 0.2) is 5.96 Å². The van der Waals surface area contributed by atoms with Crippen molar-refractivity contribution in [1.82, 2.24) is 10.6 Å². The minimum absolute atomic E-state index is 0. The average molecular weight is 314 g/mol. The first kappa shape index (κ1) is 14.8. The Hall–Kier alpha value is -1.23. The highest BCUT2D eigenvalue weighted by molar-refractivity contribution is 8.93. The monoisotopic (exact) mass is 313 g/mol. The molecular weight excluding hydrogens is 294 g/mol. The molecule has 1 aromatic rings. The molecule has 0 spiro atoms. The molecule has 100 valence electrons. The van der Waals surface area contributed by atoms with Crippen molar-refractivity contribution in [3.05, 3.63) is 29.8 Å². The van der Waals surface area contributed by atoms with Gasteiger partial charge in [0.05, 0.1) is 0 Å². The van der Waals surface area contributed by atoms with Gasteiger partial charge in [-0.25, -0.2) is 0 Å². The van der Waals surface area contributed by atoms with Gasteiger partial charge in [0.25, 0.3) is 0 Å². The van der Waals surface area contributed by atoms with Gasteiger partial charge in [-0.15, -0.1) is 17.0 Å². The minimum atomic E-state index is 0. The lowest BCUT2D eigenvalue weighted by Gasteiger charge is -2.09. The molecule has 0 fully saturated rings. The number of benzene rings is 1. The largest absolute Gasteiger partial charge is 0.508 e. The number of aromatic hydroxyl groups is 1. The lowest BCUT2D eigenvalue weighted by Crippen LogP contribution is -2.38. The number of nitrogens with zero attached hydrogens (tertiary/aromatic N) is 1. The fourth-order valence-electron chi connectivity index (χ4n) is 1.80. The van der Waals surface area contributed by atoms with E-state index in [0.29, 0.717) is 5.75 Å². The van der Waals surface area contributed by atoms with Crippen LogP contribution in [0.3, 0.4) is 0 Å². The molecule has 0 saturated heterocycles. The van der Waals surface area contributed by atoms with Crippen molar-refractivity contribution in [2.24, 2.45) is 4.99 Å². The maximum Gasteiger partial charge on any atom is 0.191 e. The van der Waals surface area contributed by atoms with Gasteiger partial charge in [0.2, 0.25) is 0 Å². The Bertz CT molecular complexity index is 378. The third-order valence-electron chi connectivity index (χ3n) is 2.79. The van der Waals surface area contributed by atoms with Crippen LogP contribution < -0.4 is 10.6 Å². The lowest BCUT2D eigenvalue weighted by atomic mass is 10.1. The van der Waals surface area contributed by atoms with E-state index in [0.717, 1.165) is 38.4 Å². The zero-order valence-corrected chi connectivity index (χ0v) is 12.1. The average Bonchev–Trinajstić information content (AvgIpc) is 2.60. The predicted molar refractivity (Wildman–Crippen MR) is 79.7 cm³/mol. The smallest absolute Gasteiger partial charge is 0.191 e. The highest BCUT2D eigenvalue weighted by Crippen LogP contribution is 2.09. The van der Waals surface area contributed by atoms with Crippen LogP contribution in [0.15, 0.2) is 29.3 Å². The van der Waals surface area contributed by atoms with E-state index >= 15 is 0 Å². The maximum absolute atomic E-state index is 9.17. The molecule has 0 aromatic heterocycles. The number of phenols is 1. The summed E-state index contributed by atoms with van der Waals surface area (Å²) >= 11 is 0. The molecule has 5 heteroatoms. The summed E-state index contributed by atoms with van der Waals surface area (Å²) < 4.78 is 0. The molecule has 0 bridgehead atoms. The van der Waals surface area contributed by atoms with Gasteiger partial charge in [-0.3, -0.25) is 4.99 Å². The van der Waals surface area contributed by atoms with Crippen LogP contribution in [0.1, 0.15) is 18.4 Å². The minimum Gasteiger partial charge on any atom is -0.508 e. The SMILES string of the molecule is Br.Oc1ccc(CCNC2=NCCCCN2)cc1. The number of hydrogen-bond acceptors (Lipinski definition) is 4. The van der Waals surface area contributed by atoms with Gasteiger partial charge in [0.1, 0.15) is 5.75 Å². The summed E-state index contributed by atoms with van der Waals surface area (Å²) in [6.45, 7) is 2.77. The number of guanidine groups is 1. The second-order valence-corrected chi connectivity index (χ2v) is 4.21. The quantitative estimate of drug-likeness (QED) is 0.798. The summed E-state index contributed by atoms with van der Waals surface area (Å²) in [6, 6.07) is 7.33. The molecular formula is C13H20BrN3O. The van der Waals surface area contributed by atoms with Crippen LogP contribution in [-0.2, 0) is 6.42 Å². The van der Waals surface area contributed by atoms with E-state index in [1.807, 2.05) is 12.1 Å². The van der Waals surface area contributed by atoms with Gasteiger partial charge in [0, 0.05) is 19.6 Å². The van der Waals surface area contributed by atoms with Gasteiger partial charge >= 0.3 is 0 Å². The van der Waals surface area contributed by atoms with Gasteiger partial charge in [-0.1, -0.05) is 12.1 Å². The summed E-state index contributed by atoms with van der Waals surface area (Å²) in [7, 11) is 0. The summed E-state index contributed by atoms with van der Waals surface area (Å²) in [6.07, 6.45) is 3.28. The first-order valence-corrected chi connectivity index (χ1v) is 6.15. The third-order valence-corrected chi connectivity index (χ3v) is 2.79. The van der Waals surface area contributed by atoms with Crippen molar-refractivity contribution in [3.8, 4) is 5.75 Å². The Morgan fingerprint density at radius 3 is 2.78 bits per heavy atom. The molecule has 2 rings (SSSR count). The van der Waals surface area contributed by atoms with Crippen LogP contribution in [0.2, 0.25) is 0 Å². The molecule has 1 heterocycles. The molecule has 0 saturated carbocycles. The molecule has 0 amide bonds. The normalized spacial score (nSPS) is 14.8. The van der Waals surface area contributed by atoms with Crippen LogP contribution in [0, 0.1) is 0 Å². The molecule has 0 radical (unpaired) electrons. The van der Waals surface area contributed by atoms with Crippen LogP contribution in [0.25, 0.3) is 0 Å². The van der Waals surface area contributed by atoms with Crippen molar-refractivity contribution in [2.75, 3.05) is 19.6 Å². The maximum atomic E-state index is 9.17. The van der Waals surface area contributed by atoms with Crippen molar-refractivity contribution in [2.45, 2.75) is 19.3 Å². The first-order valence-electron chi connectivity index (χ1n) is 6.15. The number of hydrogen-bond donors (Lipinski definition) is 3. The molecule has 3 N–H and O–H groups in total. The molecule has 0 atom stereocenters. The van der Waals surface area contributed by atoms with Gasteiger partial charge in [-0.2, -0.15) is 0 Å². The molecule has 1 aliphatic rings. The number of halogens is 1. The highest BCUT2D eigenvalue weighted by atomic mass is 79.9. The standard InChI is InChI=1S/C13H19N3O.BrH/c17-12-5-3-11(4-6-12)7-10-16-13-14-8-1-2-9-15-13;/h3-6,17H,1-2,7-10H2,(H2,14,15,16);1H. The third kappa shape index (κ3) is 4.96.